The first-order valence-corrected chi connectivity index (χ1v) is 6.40. The molecule has 0 unspecified atom stereocenters. The molecule has 4 atom stereocenters. The summed E-state index contributed by atoms with van der Waals surface area (Å²) in [5, 5.41) is 32.1. The Bertz CT molecular complexity index is 534. The quantitative estimate of drug-likeness (QED) is 0.542. The van der Waals surface area contributed by atoms with Crippen molar-refractivity contribution < 1.29 is 20.1 Å². The molecule has 0 aromatic carbocycles. The van der Waals surface area contributed by atoms with Gasteiger partial charge in [0.15, 0.2) is 12.0 Å². The maximum atomic E-state index is 12.2. The molecular weight excluding hydrogens is 266 g/mol. The van der Waals surface area contributed by atoms with Gasteiger partial charge in [-0.2, -0.15) is 0 Å². The number of nitrogens with one attached hydrogen (secondary N) is 1. The summed E-state index contributed by atoms with van der Waals surface area (Å²) in [6.45, 7) is 3.35. The van der Waals surface area contributed by atoms with E-state index in [1.54, 1.807) is 0 Å². The highest BCUT2D eigenvalue weighted by Crippen LogP contribution is 2.35. The van der Waals surface area contributed by atoms with E-state index >= 15 is 0 Å². The molecule has 1 saturated heterocycles. The van der Waals surface area contributed by atoms with E-state index in [1.807, 2.05) is 6.92 Å². The number of aliphatic hydroxyl groups excluding tert-OH is 3. The number of hydrogen-bond donors (Lipinski definition) is 4. The van der Waals surface area contributed by atoms with Gasteiger partial charge >= 0.3 is 0 Å². The Morgan fingerprint density at radius 3 is 2.80 bits per heavy atom. The van der Waals surface area contributed by atoms with E-state index in [-0.39, 0.29) is 5.82 Å². The van der Waals surface area contributed by atoms with E-state index in [4.69, 9.17) is 4.74 Å². The number of aliphatic hydroxyl groups is 3. The molecule has 1 aliphatic rings. The van der Waals surface area contributed by atoms with Crippen molar-refractivity contribution >= 4 is 5.82 Å². The van der Waals surface area contributed by atoms with Crippen molar-refractivity contribution in [1.82, 2.24) is 9.55 Å². The standard InChI is InChI=1S/C12H19N3O5/c1-3-13-9-10(19)15(5-4-14-9)11-7(17)8(18)12(2,6-16)20-11/h4-5,7-8,11,16-18H,3,6H2,1-2H3,(H,13,14)/t7-,8+,11-,12-/m1/s1. The van der Waals surface area contributed by atoms with Gasteiger partial charge in [0.2, 0.25) is 0 Å². The monoisotopic (exact) mass is 285 g/mol. The van der Waals surface area contributed by atoms with Crippen molar-refractivity contribution in [3.05, 3.63) is 22.7 Å². The molecule has 8 heteroatoms. The molecule has 4 N–H and O–H groups in total. The molecule has 112 valence electrons. The number of aromatic nitrogens is 2. The molecule has 0 saturated carbocycles. The van der Waals surface area contributed by atoms with Gasteiger partial charge in [0.1, 0.15) is 17.8 Å². The molecule has 0 aliphatic carbocycles. The van der Waals surface area contributed by atoms with Crippen LogP contribution in [0.4, 0.5) is 5.82 Å². The maximum absolute atomic E-state index is 12.2. The Labute approximate surface area is 115 Å². The first-order valence-electron chi connectivity index (χ1n) is 6.40. The lowest BCUT2D eigenvalue weighted by Crippen LogP contribution is -2.43. The normalized spacial score (nSPS) is 33.4. The van der Waals surface area contributed by atoms with Gasteiger partial charge in [0.05, 0.1) is 6.61 Å². The van der Waals surface area contributed by atoms with E-state index in [0.717, 1.165) is 4.57 Å². The lowest BCUT2D eigenvalue weighted by Gasteiger charge is -2.24. The summed E-state index contributed by atoms with van der Waals surface area (Å²) in [6, 6.07) is 0. The number of anilines is 1. The van der Waals surface area contributed by atoms with Crippen LogP contribution in [0, 0.1) is 0 Å². The van der Waals surface area contributed by atoms with Crippen LogP contribution in [-0.4, -0.2) is 55.8 Å². The average molecular weight is 285 g/mol. The molecular formula is C12H19N3O5. The van der Waals surface area contributed by atoms with Crippen molar-refractivity contribution in [2.75, 3.05) is 18.5 Å². The smallest absolute Gasteiger partial charge is 0.295 e. The second kappa shape index (κ2) is 5.49. The molecule has 20 heavy (non-hydrogen) atoms. The minimum atomic E-state index is -1.32. The third-order valence-electron chi connectivity index (χ3n) is 3.43. The molecule has 1 aliphatic heterocycles. The Morgan fingerprint density at radius 2 is 2.25 bits per heavy atom. The Morgan fingerprint density at radius 1 is 1.55 bits per heavy atom. The van der Waals surface area contributed by atoms with Crippen molar-refractivity contribution in [1.29, 1.82) is 0 Å². The topological polar surface area (TPSA) is 117 Å². The summed E-state index contributed by atoms with van der Waals surface area (Å²) in [5.41, 5.74) is -1.78. The number of hydrogen-bond acceptors (Lipinski definition) is 7. The summed E-state index contributed by atoms with van der Waals surface area (Å²) in [6.07, 6.45) is -0.916. The van der Waals surface area contributed by atoms with Crippen LogP contribution in [0.3, 0.4) is 0 Å². The predicted octanol–water partition coefficient (Wildman–Crippen LogP) is -1.32. The highest BCUT2D eigenvalue weighted by atomic mass is 16.6. The van der Waals surface area contributed by atoms with Crippen LogP contribution in [0.1, 0.15) is 20.1 Å². The molecule has 0 amide bonds. The lowest BCUT2D eigenvalue weighted by molar-refractivity contribution is -0.117. The summed E-state index contributed by atoms with van der Waals surface area (Å²) in [4.78, 5) is 16.1. The van der Waals surface area contributed by atoms with Gasteiger partial charge in [-0.1, -0.05) is 0 Å². The molecule has 2 heterocycles. The van der Waals surface area contributed by atoms with Crippen LogP contribution < -0.4 is 10.9 Å². The maximum Gasteiger partial charge on any atom is 0.295 e. The SMILES string of the molecule is CCNc1nccn([C@@H]2O[C@](C)(CO)[C@@H](O)[C@H]2O)c1=O. The van der Waals surface area contributed by atoms with Crippen molar-refractivity contribution in [3.8, 4) is 0 Å². The number of nitrogens with zero attached hydrogens (tertiary/aromatic N) is 2. The zero-order valence-corrected chi connectivity index (χ0v) is 11.4. The number of rotatable bonds is 4. The zero-order chi connectivity index (χ0) is 14.9. The van der Waals surface area contributed by atoms with E-state index < -0.39 is 36.2 Å². The average Bonchev–Trinajstić information content (AvgIpc) is 2.67. The van der Waals surface area contributed by atoms with Crippen molar-refractivity contribution in [3.63, 3.8) is 0 Å². The summed E-state index contributed by atoms with van der Waals surface area (Å²) < 4.78 is 6.63. The van der Waals surface area contributed by atoms with Crippen molar-refractivity contribution in [2.24, 2.45) is 0 Å². The van der Waals surface area contributed by atoms with Crippen LogP contribution in [0.15, 0.2) is 17.2 Å². The number of ether oxygens (including phenoxy) is 1. The van der Waals surface area contributed by atoms with Gasteiger partial charge in [-0.25, -0.2) is 4.98 Å². The molecule has 0 radical (unpaired) electrons. The molecule has 1 fully saturated rings. The largest absolute Gasteiger partial charge is 0.393 e. The van der Waals surface area contributed by atoms with Gasteiger partial charge in [-0.3, -0.25) is 9.36 Å². The molecule has 1 aromatic rings. The molecule has 8 nitrogen and oxygen atoms in total. The van der Waals surface area contributed by atoms with E-state index in [1.165, 1.54) is 19.3 Å². The molecule has 2 rings (SSSR count). The van der Waals surface area contributed by atoms with E-state index in [0.29, 0.717) is 6.54 Å². The van der Waals surface area contributed by atoms with Gasteiger partial charge in [-0.05, 0) is 13.8 Å². The lowest BCUT2D eigenvalue weighted by atomic mass is 9.99. The first-order chi connectivity index (χ1) is 9.44. The Hall–Kier alpha value is -1.48. The molecule has 0 bridgehead atoms. The van der Waals surface area contributed by atoms with E-state index in [2.05, 4.69) is 10.3 Å². The zero-order valence-electron chi connectivity index (χ0n) is 11.4. The second-order valence-corrected chi connectivity index (χ2v) is 4.93. The van der Waals surface area contributed by atoms with E-state index in [9.17, 15) is 20.1 Å². The van der Waals surface area contributed by atoms with Crippen molar-refractivity contribution in [2.45, 2.75) is 37.9 Å². The Balaban J connectivity index is 2.38. The highest BCUT2D eigenvalue weighted by Gasteiger charge is 2.51. The minimum absolute atomic E-state index is 0.137. The third-order valence-corrected chi connectivity index (χ3v) is 3.43. The minimum Gasteiger partial charge on any atom is -0.393 e. The summed E-state index contributed by atoms with van der Waals surface area (Å²) in [5.74, 6) is 0.137. The molecule has 0 spiro atoms. The van der Waals surface area contributed by atoms with Gasteiger partial charge in [0, 0.05) is 18.9 Å². The summed E-state index contributed by atoms with van der Waals surface area (Å²) >= 11 is 0. The van der Waals surface area contributed by atoms with Crippen LogP contribution in [0.5, 0.6) is 0 Å². The van der Waals surface area contributed by atoms with Crippen LogP contribution in [0.25, 0.3) is 0 Å². The highest BCUT2D eigenvalue weighted by molar-refractivity contribution is 5.30. The van der Waals surface area contributed by atoms with Gasteiger partial charge < -0.3 is 25.4 Å². The van der Waals surface area contributed by atoms with Crippen LogP contribution >= 0.6 is 0 Å². The fraction of sp³-hybridized carbons (Fsp3) is 0.667. The molecule has 1 aromatic heterocycles. The fourth-order valence-corrected chi connectivity index (χ4v) is 2.20. The van der Waals surface area contributed by atoms with Crippen LogP contribution in [-0.2, 0) is 4.74 Å². The predicted molar refractivity (Wildman–Crippen MR) is 70.3 cm³/mol. The second-order valence-electron chi connectivity index (χ2n) is 4.93. The van der Waals surface area contributed by atoms with Gasteiger partial charge in [0.25, 0.3) is 5.56 Å². The third kappa shape index (κ3) is 2.31. The first kappa shape index (κ1) is 14.9. The Kier molecular flexibility index (Phi) is 4.09. The summed E-state index contributed by atoms with van der Waals surface area (Å²) in [7, 11) is 0. The van der Waals surface area contributed by atoms with Crippen LogP contribution in [0.2, 0.25) is 0 Å². The van der Waals surface area contributed by atoms with Gasteiger partial charge in [-0.15, -0.1) is 0 Å². The fourth-order valence-electron chi connectivity index (χ4n) is 2.20.